The fourth-order valence-electron chi connectivity index (χ4n) is 2.31. The van der Waals surface area contributed by atoms with Crippen LogP contribution in [0.1, 0.15) is 33.1 Å². The van der Waals surface area contributed by atoms with E-state index in [1.54, 1.807) is 0 Å². The van der Waals surface area contributed by atoms with Crippen molar-refractivity contribution in [1.82, 2.24) is 4.98 Å². The van der Waals surface area contributed by atoms with E-state index < -0.39 is 0 Å². The van der Waals surface area contributed by atoms with Crippen LogP contribution in [0.4, 0.5) is 0 Å². The molecule has 1 aromatic heterocycles. The lowest BCUT2D eigenvalue weighted by molar-refractivity contribution is 0.208. The first-order chi connectivity index (χ1) is 7.59. The van der Waals surface area contributed by atoms with E-state index in [-0.39, 0.29) is 11.5 Å². The van der Waals surface area contributed by atoms with Gasteiger partial charge in [-0.25, -0.2) is 4.98 Å². The summed E-state index contributed by atoms with van der Waals surface area (Å²) >= 11 is 1.84. The van der Waals surface area contributed by atoms with E-state index in [0.717, 1.165) is 5.03 Å². The van der Waals surface area contributed by atoms with Crippen LogP contribution in [-0.4, -0.2) is 16.3 Å². The number of nitrogens with two attached hydrogens (primary N) is 1. The van der Waals surface area contributed by atoms with Gasteiger partial charge in [-0.3, -0.25) is 0 Å². The molecule has 1 aliphatic carbocycles. The molecule has 2 nitrogen and oxygen atoms in total. The van der Waals surface area contributed by atoms with Crippen molar-refractivity contribution in [3.8, 4) is 0 Å². The predicted octanol–water partition coefficient (Wildman–Crippen LogP) is 3.08. The maximum absolute atomic E-state index is 6.36. The van der Waals surface area contributed by atoms with Gasteiger partial charge in [0, 0.05) is 17.5 Å². The Bertz CT molecular complexity index is 337. The molecule has 1 fully saturated rings. The monoisotopic (exact) mass is 236 g/mol. The normalized spacial score (nSPS) is 28.9. The lowest BCUT2D eigenvalue weighted by Gasteiger charge is -2.41. The molecule has 3 heteroatoms. The molecule has 16 heavy (non-hydrogen) atoms. The zero-order valence-electron chi connectivity index (χ0n) is 10.0. The molecule has 0 aliphatic heterocycles. The van der Waals surface area contributed by atoms with Crippen molar-refractivity contribution in [3.63, 3.8) is 0 Å². The molecule has 0 bridgehead atoms. The molecule has 0 aromatic carbocycles. The second-order valence-corrected chi connectivity index (χ2v) is 6.49. The van der Waals surface area contributed by atoms with Gasteiger partial charge in [0.15, 0.2) is 0 Å². The molecule has 88 valence electrons. The first-order valence-electron chi connectivity index (χ1n) is 5.93. The Kier molecular flexibility index (Phi) is 3.55. The standard InChI is InChI=1S/C13H20N2S/c1-13(2)8-5-6-10(12(13)14)16-11-7-3-4-9-15-11/h3-4,7,9-10,12H,5-6,8,14H2,1-2H3. The highest BCUT2D eigenvalue weighted by Gasteiger charge is 2.36. The molecule has 0 radical (unpaired) electrons. The topological polar surface area (TPSA) is 38.9 Å². The third-order valence-electron chi connectivity index (χ3n) is 3.52. The van der Waals surface area contributed by atoms with Crippen LogP contribution in [0, 0.1) is 5.41 Å². The average molecular weight is 236 g/mol. The molecule has 2 unspecified atom stereocenters. The summed E-state index contributed by atoms with van der Waals surface area (Å²) < 4.78 is 0. The Labute approximate surface area is 102 Å². The van der Waals surface area contributed by atoms with Gasteiger partial charge in [-0.15, -0.1) is 11.8 Å². The van der Waals surface area contributed by atoms with E-state index in [4.69, 9.17) is 5.73 Å². The molecule has 0 saturated heterocycles. The van der Waals surface area contributed by atoms with Gasteiger partial charge in [-0.2, -0.15) is 0 Å². The minimum Gasteiger partial charge on any atom is -0.326 e. The maximum Gasteiger partial charge on any atom is 0.0963 e. The van der Waals surface area contributed by atoms with E-state index in [2.05, 4.69) is 24.9 Å². The summed E-state index contributed by atoms with van der Waals surface area (Å²) in [5.74, 6) is 0. The molecule has 1 aromatic rings. The fourth-order valence-corrected chi connectivity index (χ4v) is 3.70. The molecule has 2 rings (SSSR count). The molecule has 1 heterocycles. The zero-order chi connectivity index (χ0) is 11.6. The summed E-state index contributed by atoms with van der Waals surface area (Å²) in [7, 11) is 0. The summed E-state index contributed by atoms with van der Waals surface area (Å²) in [5, 5.41) is 1.61. The van der Waals surface area contributed by atoms with E-state index in [0.29, 0.717) is 5.25 Å². The average Bonchev–Trinajstić information content (AvgIpc) is 2.26. The second kappa shape index (κ2) is 4.76. The Balaban J connectivity index is 2.05. The summed E-state index contributed by atoms with van der Waals surface area (Å²) in [4.78, 5) is 4.36. The first kappa shape index (κ1) is 11.9. The molecule has 1 saturated carbocycles. The van der Waals surface area contributed by atoms with Crippen molar-refractivity contribution < 1.29 is 0 Å². The minimum absolute atomic E-state index is 0.269. The molecule has 0 amide bonds. The highest BCUT2D eigenvalue weighted by Crippen LogP contribution is 2.41. The predicted molar refractivity (Wildman–Crippen MR) is 69.5 cm³/mol. The Morgan fingerprint density at radius 1 is 1.44 bits per heavy atom. The number of rotatable bonds is 2. The number of nitrogens with zero attached hydrogens (tertiary/aromatic N) is 1. The number of hydrogen-bond acceptors (Lipinski definition) is 3. The molecule has 2 atom stereocenters. The van der Waals surface area contributed by atoms with Crippen molar-refractivity contribution in [2.45, 2.75) is 49.4 Å². The van der Waals surface area contributed by atoms with Gasteiger partial charge in [-0.1, -0.05) is 26.3 Å². The highest BCUT2D eigenvalue weighted by atomic mass is 32.2. The first-order valence-corrected chi connectivity index (χ1v) is 6.81. The number of thioether (sulfide) groups is 1. The highest BCUT2D eigenvalue weighted by molar-refractivity contribution is 7.99. The van der Waals surface area contributed by atoms with Crippen molar-refractivity contribution in [2.75, 3.05) is 0 Å². The van der Waals surface area contributed by atoms with E-state index in [1.807, 2.05) is 30.1 Å². The lowest BCUT2D eigenvalue weighted by atomic mass is 9.73. The molecule has 1 aliphatic rings. The molecule has 2 N–H and O–H groups in total. The summed E-state index contributed by atoms with van der Waals surface area (Å²) in [6.07, 6.45) is 5.59. The fraction of sp³-hybridized carbons (Fsp3) is 0.615. The van der Waals surface area contributed by atoms with Crippen molar-refractivity contribution in [2.24, 2.45) is 11.1 Å². The van der Waals surface area contributed by atoms with E-state index >= 15 is 0 Å². The van der Waals surface area contributed by atoms with Gasteiger partial charge in [0.05, 0.1) is 5.03 Å². The smallest absolute Gasteiger partial charge is 0.0963 e. The Morgan fingerprint density at radius 3 is 2.94 bits per heavy atom. The van der Waals surface area contributed by atoms with Crippen LogP contribution < -0.4 is 5.73 Å². The van der Waals surface area contributed by atoms with Crippen LogP contribution in [0.5, 0.6) is 0 Å². The molecular formula is C13H20N2S. The quantitative estimate of drug-likeness (QED) is 0.857. The summed E-state index contributed by atoms with van der Waals surface area (Å²) in [5.41, 5.74) is 6.62. The van der Waals surface area contributed by atoms with Gasteiger partial charge in [0.2, 0.25) is 0 Å². The van der Waals surface area contributed by atoms with Crippen molar-refractivity contribution >= 4 is 11.8 Å². The van der Waals surface area contributed by atoms with E-state index in [1.165, 1.54) is 19.3 Å². The summed E-state index contributed by atoms with van der Waals surface area (Å²) in [6.45, 7) is 4.56. The molecular weight excluding hydrogens is 216 g/mol. The molecule has 0 spiro atoms. The zero-order valence-corrected chi connectivity index (χ0v) is 10.8. The van der Waals surface area contributed by atoms with Crippen LogP contribution in [0.3, 0.4) is 0 Å². The Hall–Kier alpha value is -0.540. The van der Waals surface area contributed by atoms with Gasteiger partial charge in [0.25, 0.3) is 0 Å². The van der Waals surface area contributed by atoms with Crippen LogP contribution in [-0.2, 0) is 0 Å². The second-order valence-electron chi connectivity index (χ2n) is 5.23. The van der Waals surface area contributed by atoms with Gasteiger partial charge < -0.3 is 5.73 Å². The van der Waals surface area contributed by atoms with Crippen LogP contribution in [0.2, 0.25) is 0 Å². The number of pyridine rings is 1. The van der Waals surface area contributed by atoms with Gasteiger partial charge in [0.1, 0.15) is 0 Å². The lowest BCUT2D eigenvalue weighted by Crippen LogP contribution is -2.48. The van der Waals surface area contributed by atoms with E-state index in [9.17, 15) is 0 Å². The van der Waals surface area contributed by atoms with Crippen molar-refractivity contribution in [3.05, 3.63) is 24.4 Å². The minimum atomic E-state index is 0.269. The number of hydrogen-bond donors (Lipinski definition) is 1. The van der Waals surface area contributed by atoms with Crippen LogP contribution in [0.25, 0.3) is 0 Å². The van der Waals surface area contributed by atoms with Crippen LogP contribution in [0.15, 0.2) is 29.4 Å². The van der Waals surface area contributed by atoms with Crippen molar-refractivity contribution in [1.29, 1.82) is 0 Å². The SMILES string of the molecule is CC1(C)CCCC(Sc2ccccn2)C1N. The largest absolute Gasteiger partial charge is 0.326 e. The number of aromatic nitrogens is 1. The summed E-state index contributed by atoms with van der Waals surface area (Å²) in [6, 6.07) is 6.33. The maximum atomic E-state index is 6.36. The third-order valence-corrected chi connectivity index (χ3v) is 4.84. The Morgan fingerprint density at radius 2 is 2.25 bits per heavy atom. The third kappa shape index (κ3) is 2.58. The van der Waals surface area contributed by atoms with Gasteiger partial charge in [-0.05, 0) is 30.4 Å². The van der Waals surface area contributed by atoms with Gasteiger partial charge >= 0.3 is 0 Å². The van der Waals surface area contributed by atoms with Crippen LogP contribution >= 0.6 is 11.8 Å².